The van der Waals surface area contributed by atoms with Gasteiger partial charge in [-0.15, -0.1) is 5.10 Å². The Labute approximate surface area is 86.2 Å². The molecule has 74 valence electrons. The number of hydrogen-bond acceptors (Lipinski definition) is 3. The molecule has 0 amide bonds. The summed E-state index contributed by atoms with van der Waals surface area (Å²) in [5, 5.41) is 7.23. The van der Waals surface area contributed by atoms with Gasteiger partial charge in [-0.2, -0.15) is 0 Å². The molecular weight excluding hydrogens is 202 g/mol. The van der Waals surface area contributed by atoms with E-state index < -0.39 is 5.24 Å². The second-order valence-electron chi connectivity index (χ2n) is 4.36. The maximum atomic E-state index is 10.8. The first kappa shape index (κ1) is 8.41. The normalized spacial score (nSPS) is 34.2. The summed E-state index contributed by atoms with van der Waals surface area (Å²) in [7, 11) is 0. The van der Waals surface area contributed by atoms with Crippen LogP contribution >= 0.6 is 11.6 Å². The SMILES string of the molecule is O=C(Cl)c1cn(C23CCC(C2)C3)nn1. The molecule has 0 radical (unpaired) electrons. The van der Waals surface area contributed by atoms with Crippen molar-refractivity contribution in [2.45, 2.75) is 31.2 Å². The Morgan fingerprint density at radius 1 is 1.64 bits per heavy atom. The lowest BCUT2D eigenvalue weighted by Gasteiger charge is -2.37. The average molecular weight is 212 g/mol. The Kier molecular flexibility index (Phi) is 1.54. The number of hydrogen-bond donors (Lipinski definition) is 0. The number of aromatic nitrogens is 3. The Morgan fingerprint density at radius 3 is 2.93 bits per heavy atom. The van der Waals surface area contributed by atoms with E-state index in [1.54, 1.807) is 6.20 Å². The maximum absolute atomic E-state index is 10.8. The highest BCUT2D eigenvalue weighted by Crippen LogP contribution is 2.56. The van der Waals surface area contributed by atoms with Crippen molar-refractivity contribution in [1.82, 2.24) is 15.0 Å². The highest BCUT2D eigenvalue weighted by Gasteiger charge is 2.52. The van der Waals surface area contributed by atoms with Crippen LogP contribution in [0.4, 0.5) is 0 Å². The fraction of sp³-hybridized carbons (Fsp3) is 0.667. The smallest absolute Gasteiger partial charge is 0.274 e. The van der Waals surface area contributed by atoms with Crippen molar-refractivity contribution in [3.63, 3.8) is 0 Å². The summed E-state index contributed by atoms with van der Waals surface area (Å²) < 4.78 is 1.84. The Hall–Kier alpha value is -0.900. The fourth-order valence-electron chi connectivity index (χ4n) is 2.78. The predicted molar refractivity (Wildman–Crippen MR) is 50.1 cm³/mol. The molecular formula is C9H10ClN3O. The van der Waals surface area contributed by atoms with Crippen molar-refractivity contribution >= 4 is 16.8 Å². The zero-order valence-electron chi connectivity index (χ0n) is 7.61. The summed E-state index contributed by atoms with van der Waals surface area (Å²) in [5.74, 6) is 0.870. The third-order valence-corrected chi connectivity index (χ3v) is 3.73. The molecule has 14 heavy (non-hydrogen) atoms. The third-order valence-electron chi connectivity index (χ3n) is 3.54. The molecule has 3 fully saturated rings. The Morgan fingerprint density at radius 2 is 2.43 bits per heavy atom. The molecule has 4 nitrogen and oxygen atoms in total. The van der Waals surface area contributed by atoms with Gasteiger partial charge in [-0.3, -0.25) is 4.79 Å². The predicted octanol–water partition coefficient (Wildman–Crippen LogP) is 1.56. The lowest BCUT2D eigenvalue weighted by Crippen LogP contribution is -2.39. The van der Waals surface area contributed by atoms with Crippen LogP contribution in [0.25, 0.3) is 0 Å². The summed E-state index contributed by atoms with van der Waals surface area (Å²) in [4.78, 5) is 10.8. The van der Waals surface area contributed by atoms with Crippen LogP contribution < -0.4 is 0 Å². The fourth-order valence-corrected chi connectivity index (χ4v) is 2.87. The van der Waals surface area contributed by atoms with Gasteiger partial charge in [0, 0.05) is 0 Å². The van der Waals surface area contributed by atoms with Crippen molar-refractivity contribution < 1.29 is 4.79 Å². The van der Waals surface area contributed by atoms with Gasteiger partial charge in [0.15, 0.2) is 5.69 Å². The number of nitrogens with zero attached hydrogens (tertiary/aromatic N) is 3. The van der Waals surface area contributed by atoms with Crippen molar-refractivity contribution in [2.24, 2.45) is 5.92 Å². The Balaban J connectivity index is 1.93. The zero-order valence-corrected chi connectivity index (χ0v) is 8.37. The van der Waals surface area contributed by atoms with Gasteiger partial charge in [-0.25, -0.2) is 4.68 Å². The molecule has 3 aliphatic rings. The van der Waals surface area contributed by atoms with Gasteiger partial charge in [-0.05, 0) is 43.2 Å². The second-order valence-corrected chi connectivity index (χ2v) is 4.70. The number of carbonyl (C=O) groups excluding carboxylic acids is 1. The lowest BCUT2D eigenvalue weighted by molar-refractivity contribution is 0.107. The van der Waals surface area contributed by atoms with Gasteiger partial charge < -0.3 is 0 Å². The largest absolute Gasteiger partial charge is 0.274 e. The highest BCUT2D eigenvalue weighted by atomic mass is 35.5. The summed E-state index contributed by atoms with van der Waals surface area (Å²) in [6, 6.07) is 0. The van der Waals surface area contributed by atoms with E-state index >= 15 is 0 Å². The van der Waals surface area contributed by atoms with Gasteiger partial charge in [0.05, 0.1) is 11.7 Å². The highest BCUT2D eigenvalue weighted by molar-refractivity contribution is 6.67. The summed E-state index contributed by atoms with van der Waals surface area (Å²) in [6.45, 7) is 0. The molecule has 3 saturated carbocycles. The van der Waals surface area contributed by atoms with Crippen LogP contribution in [-0.4, -0.2) is 20.2 Å². The quantitative estimate of drug-likeness (QED) is 0.698. The van der Waals surface area contributed by atoms with E-state index in [2.05, 4.69) is 10.3 Å². The van der Waals surface area contributed by atoms with Crippen LogP contribution in [0.1, 0.15) is 36.2 Å². The first-order valence-electron chi connectivity index (χ1n) is 4.82. The summed E-state index contributed by atoms with van der Waals surface area (Å²) >= 11 is 5.33. The molecule has 0 saturated heterocycles. The number of halogens is 1. The topological polar surface area (TPSA) is 47.8 Å². The second kappa shape index (κ2) is 2.57. The van der Waals surface area contributed by atoms with Gasteiger partial charge in [0.1, 0.15) is 0 Å². The summed E-state index contributed by atoms with van der Waals surface area (Å²) in [5.41, 5.74) is 0.429. The van der Waals surface area contributed by atoms with E-state index in [-0.39, 0.29) is 11.2 Å². The molecule has 3 aliphatic carbocycles. The van der Waals surface area contributed by atoms with E-state index in [0.717, 1.165) is 12.3 Å². The van der Waals surface area contributed by atoms with Crippen LogP contribution in [0.2, 0.25) is 0 Å². The first-order chi connectivity index (χ1) is 6.70. The van der Waals surface area contributed by atoms with E-state index in [4.69, 9.17) is 11.6 Å². The van der Waals surface area contributed by atoms with Gasteiger partial charge in [-0.1, -0.05) is 5.21 Å². The first-order valence-corrected chi connectivity index (χ1v) is 5.20. The van der Waals surface area contributed by atoms with Crippen LogP contribution in [0.15, 0.2) is 6.20 Å². The third kappa shape index (κ3) is 0.974. The molecule has 4 rings (SSSR count). The molecule has 5 heteroatoms. The molecule has 0 aliphatic heterocycles. The molecule has 0 unspecified atom stereocenters. The van der Waals surface area contributed by atoms with E-state index in [1.807, 2.05) is 4.68 Å². The van der Waals surface area contributed by atoms with Crippen molar-refractivity contribution in [2.75, 3.05) is 0 Å². The lowest BCUT2D eigenvalue weighted by atomic mass is 9.77. The number of fused-ring (bicyclic) bond motifs is 1. The van der Waals surface area contributed by atoms with Crippen molar-refractivity contribution in [3.8, 4) is 0 Å². The molecule has 0 N–H and O–H groups in total. The Bertz CT molecular complexity index is 389. The molecule has 1 aromatic rings. The average Bonchev–Trinajstić information content (AvgIpc) is 2.76. The molecule has 2 bridgehead atoms. The summed E-state index contributed by atoms with van der Waals surface area (Å²) in [6.07, 6.45) is 6.50. The molecule has 1 aromatic heterocycles. The zero-order chi connectivity index (χ0) is 9.76. The van der Waals surface area contributed by atoms with E-state index in [9.17, 15) is 4.79 Å². The minimum atomic E-state index is -0.526. The molecule has 0 aromatic carbocycles. The van der Waals surface area contributed by atoms with Crippen LogP contribution in [0, 0.1) is 5.92 Å². The van der Waals surface area contributed by atoms with Crippen molar-refractivity contribution in [1.29, 1.82) is 0 Å². The van der Waals surface area contributed by atoms with Crippen LogP contribution in [0.3, 0.4) is 0 Å². The van der Waals surface area contributed by atoms with E-state index in [0.29, 0.717) is 0 Å². The maximum Gasteiger partial charge on any atom is 0.274 e. The molecule has 1 heterocycles. The van der Waals surface area contributed by atoms with Gasteiger partial charge in [0.2, 0.25) is 0 Å². The minimum absolute atomic E-state index is 0.169. The minimum Gasteiger partial charge on any atom is -0.274 e. The van der Waals surface area contributed by atoms with Gasteiger partial charge in [0.25, 0.3) is 5.24 Å². The standard InChI is InChI=1S/C9H10ClN3O/c10-8(14)7-5-13(12-11-7)9-2-1-6(3-9)4-9/h5-6H,1-4H2. The molecule has 0 spiro atoms. The number of rotatable bonds is 2. The van der Waals surface area contributed by atoms with Crippen molar-refractivity contribution in [3.05, 3.63) is 11.9 Å². The van der Waals surface area contributed by atoms with Gasteiger partial charge >= 0.3 is 0 Å². The molecule has 0 atom stereocenters. The van der Waals surface area contributed by atoms with Crippen LogP contribution in [-0.2, 0) is 5.54 Å². The number of carbonyl (C=O) groups is 1. The monoisotopic (exact) mass is 211 g/mol. The van der Waals surface area contributed by atoms with Crippen LogP contribution in [0.5, 0.6) is 0 Å². The van der Waals surface area contributed by atoms with E-state index in [1.165, 1.54) is 19.3 Å².